The van der Waals surface area contributed by atoms with Crippen LogP contribution in [0.5, 0.6) is 0 Å². The molecule has 0 aliphatic carbocycles. The third-order valence-electron chi connectivity index (χ3n) is 1.00. The molecule has 12 heavy (non-hydrogen) atoms. The van der Waals surface area contributed by atoms with Gasteiger partial charge >= 0.3 is 13.8 Å². The lowest BCUT2D eigenvalue weighted by Gasteiger charge is -2.13. The van der Waals surface area contributed by atoms with E-state index in [9.17, 15) is 9.36 Å². The zero-order valence-corrected chi connectivity index (χ0v) is 7.14. The monoisotopic (exact) mass is 199 g/mol. The SMILES string of the molecule is C[C@H](O)[C@H](N)C(=O)OP(=O)(O)O. The third kappa shape index (κ3) is 4.42. The van der Waals surface area contributed by atoms with Crippen molar-refractivity contribution in [3.8, 4) is 0 Å². The number of carbonyl (C=O) groups excluding carboxylic acids is 1. The molecule has 0 aromatic carbocycles. The number of rotatable bonds is 3. The summed E-state index contributed by atoms with van der Waals surface area (Å²) >= 11 is 0. The number of hydrogen-bond donors (Lipinski definition) is 4. The molecule has 0 amide bonds. The molecule has 0 heterocycles. The van der Waals surface area contributed by atoms with Gasteiger partial charge in [0.15, 0.2) is 0 Å². The lowest BCUT2D eigenvalue weighted by atomic mass is 10.2. The highest BCUT2D eigenvalue weighted by Crippen LogP contribution is 2.36. The fraction of sp³-hybridized carbons (Fsp3) is 0.750. The maximum Gasteiger partial charge on any atom is 0.527 e. The first-order valence-corrected chi connectivity index (χ1v) is 4.49. The van der Waals surface area contributed by atoms with Crippen LogP contribution in [-0.2, 0) is 13.9 Å². The fourth-order valence-corrected chi connectivity index (χ4v) is 0.731. The van der Waals surface area contributed by atoms with Gasteiger partial charge in [-0.2, -0.15) is 0 Å². The van der Waals surface area contributed by atoms with Gasteiger partial charge in [0.2, 0.25) is 0 Å². The van der Waals surface area contributed by atoms with Gasteiger partial charge in [-0.1, -0.05) is 0 Å². The molecule has 2 atom stereocenters. The Bertz CT molecular complexity index is 210. The van der Waals surface area contributed by atoms with Crippen LogP contribution in [0.3, 0.4) is 0 Å². The van der Waals surface area contributed by atoms with Crippen LogP contribution in [0.2, 0.25) is 0 Å². The summed E-state index contributed by atoms with van der Waals surface area (Å²) in [6, 6.07) is -1.45. The van der Waals surface area contributed by atoms with Gasteiger partial charge in [0.05, 0.1) is 6.10 Å². The van der Waals surface area contributed by atoms with E-state index in [-0.39, 0.29) is 0 Å². The standard InChI is InChI=1S/C4H10NO6P/c1-2(6)3(5)4(7)11-12(8,9)10/h2-3,6H,5H2,1H3,(H2,8,9,10)/t2-,3-/m0/s1. The third-order valence-corrected chi connectivity index (χ3v) is 1.42. The Morgan fingerprint density at radius 1 is 1.58 bits per heavy atom. The summed E-state index contributed by atoms with van der Waals surface area (Å²) in [6.07, 6.45) is -1.22. The minimum atomic E-state index is -4.86. The van der Waals surface area contributed by atoms with Crippen molar-refractivity contribution < 1.29 is 28.8 Å². The van der Waals surface area contributed by atoms with Crippen LogP contribution in [0.4, 0.5) is 0 Å². The molecule has 0 rings (SSSR count). The molecular formula is C4H10NO6P. The van der Waals surface area contributed by atoms with Crippen LogP contribution in [0, 0.1) is 0 Å². The normalized spacial score (nSPS) is 16.8. The Kier molecular flexibility index (Phi) is 3.82. The molecule has 7 nitrogen and oxygen atoms in total. The topological polar surface area (TPSA) is 130 Å². The number of aliphatic hydroxyl groups excluding tert-OH is 1. The van der Waals surface area contributed by atoms with Crippen LogP contribution >= 0.6 is 7.82 Å². The van der Waals surface area contributed by atoms with Crippen molar-refractivity contribution >= 4 is 13.8 Å². The zero-order chi connectivity index (χ0) is 9.94. The van der Waals surface area contributed by atoms with Gasteiger partial charge in [-0.15, -0.1) is 0 Å². The molecule has 0 saturated carbocycles. The predicted molar refractivity (Wildman–Crippen MR) is 37.8 cm³/mol. The van der Waals surface area contributed by atoms with E-state index in [1.165, 1.54) is 6.92 Å². The Balaban J connectivity index is 4.15. The molecule has 0 aromatic heterocycles. The van der Waals surface area contributed by atoms with Gasteiger partial charge in [-0.05, 0) is 6.92 Å². The van der Waals surface area contributed by atoms with Crippen LogP contribution in [0.1, 0.15) is 6.92 Å². The average Bonchev–Trinajstić information content (AvgIpc) is 1.82. The molecule has 0 fully saturated rings. The maximum atomic E-state index is 10.6. The summed E-state index contributed by atoms with van der Waals surface area (Å²) in [4.78, 5) is 26.9. The summed E-state index contributed by atoms with van der Waals surface area (Å²) in [6.45, 7) is 1.20. The highest BCUT2D eigenvalue weighted by Gasteiger charge is 2.27. The number of phosphoric acid groups is 1. The van der Waals surface area contributed by atoms with E-state index in [2.05, 4.69) is 4.52 Å². The molecule has 0 radical (unpaired) electrons. The molecule has 0 aliphatic rings. The molecule has 0 saturated heterocycles. The van der Waals surface area contributed by atoms with Gasteiger partial charge in [0, 0.05) is 0 Å². The second kappa shape index (κ2) is 3.97. The summed E-state index contributed by atoms with van der Waals surface area (Å²) in [5.74, 6) is -1.33. The highest BCUT2D eigenvalue weighted by molar-refractivity contribution is 7.46. The van der Waals surface area contributed by atoms with Gasteiger partial charge in [-0.25, -0.2) is 9.36 Å². The number of aliphatic hydroxyl groups is 1. The van der Waals surface area contributed by atoms with Crippen LogP contribution in [0.15, 0.2) is 0 Å². The molecule has 8 heteroatoms. The lowest BCUT2D eigenvalue weighted by Crippen LogP contribution is -2.40. The molecule has 0 spiro atoms. The molecule has 0 unspecified atom stereocenters. The molecule has 5 N–H and O–H groups in total. The van der Waals surface area contributed by atoms with E-state index in [4.69, 9.17) is 20.6 Å². The maximum absolute atomic E-state index is 10.6. The second-order valence-electron chi connectivity index (χ2n) is 2.17. The Morgan fingerprint density at radius 2 is 2.00 bits per heavy atom. The minimum absolute atomic E-state index is 1.20. The zero-order valence-electron chi connectivity index (χ0n) is 6.25. The van der Waals surface area contributed by atoms with Crippen molar-refractivity contribution in [3.63, 3.8) is 0 Å². The van der Waals surface area contributed by atoms with Gasteiger partial charge in [-0.3, -0.25) is 9.79 Å². The minimum Gasteiger partial charge on any atom is -0.391 e. The second-order valence-corrected chi connectivity index (χ2v) is 3.33. The van der Waals surface area contributed by atoms with Crippen molar-refractivity contribution in [1.82, 2.24) is 0 Å². The average molecular weight is 199 g/mol. The number of phosphoric ester groups is 1. The summed E-state index contributed by atoms with van der Waals surface area (Å²) in [7, 11) is -4.86. The molecule has 72 valence electrons. The van der Waals surface area contributed by atoms with Gasteiger partial charge < -0.3 is 15.4 Å². The Morgan fingerprint density at radius 3 is 2.25 bits per heavy atom. The first kappa shape index (κ1) is 11.5. The Labute approximate surface area is 68.4 Å². The van der Waals surface area contributed by atoms with Crippen molar-refractivity contribution in [3.05, 3.63) is 0 Å². The van der Waals surface area contributed by atoms with Crippen molar-refractivity contribution in [1.29, 1.82) is 0 Å². The van der Waals surface area contributed by atoms with Gasteiger partial charge in [0.1, 0.15) is 6.04 Å². The van der Waals surface area contributed by atoms with Crippen molar-refractivity contribution in [2.75, 3.05) is 0 Å². The molecule has 0 aliphatic heterocycles. The van der Waals surface area contributed by atoms with Crippen molar-refractivity contribution in [2.24, 2.45) is 5.73 Å². The molecular weight excluding hydrogens is 189 g/mol. The molecule has 0 bridgehead atoms. The number of hydrogen-bond acceptors (Lipinski definition) is 5. The van der Waals surface area contributed by atoms with Gasteiger partial charge in [0.25, 0.3) is 0 Å². The first-order valence-electron chi connectivity index (χ1n) is 2.96. The molecule has 0 aromatic rings. The van der Waals surface area contributed by atoms with Crippen LogP contribution < -0.4 is 5.73 Å². The first-order chi connectivity index (χ1) is 5.24. The van der Waals surface area contributed by atoms with Crippen LogP contribution in [-0.4, -0.2) is 33.0 Å². The quantitative estimate of drug-likeness (QED) is 0.399. The predicted octanol–water partition coefficient (Wildman–Crippen LogP) is -1.67. The van der Waals surface area contributed by atoms with Crippen LogP contribution in [0.25, 0.3) is 0 Å². The number of nitrogens with two attached hydrogens (primary N) is 1. The van der Waals surface area contributed by atoms with E-state index in [1.807, 2.05) is 0 Å². The lowest BCUT2D eigenvalue weighted by molar-refractivity contribution is -0.139. The highest BCUT2D eigenvalue weighted by atomic mass is 31.2. The Hall–Kier alpha value is -0.460. The number of carbonyl (C=O) groups is 1. The fourth-order valence-electron chi connectivity index (χ4n) is 0.375. The smallest absolute Gasteiger partial charge is 0.391 e. The van der Waals surface area contributed by atoms with E-state index in [0.29, 0.717) is 0 Å². The largest absolute Gasteiger partial charge is 0.527 e. The van der Waals surface area contributed by atoms with Crippen molar-refractivity contribution in [2.45, 2.75) is 19.1 Å². The summed E-state index contributed by atoms with van der Waals surface area (Å²) in [5, 5.41) is 8.71. The van der Waals surface area contributed by atoms with E-state index >= 15 is 0 Å². The van der Waals surface area contributed by atoms with E-state index in [0.717, 1.165) is 0 Å². The summed E-state index contributed by atoms with van der Waals surface area (Å²) < 4.78 is 13.7. The van der Waals surface area contributed by atoms with E-state index in [1.54, 1.807) is 0 Å². The van der Waals surface area contributed by atoms with E-state index < -0.39 is 25.9 Å². The summed E-state index contributed by atoms with van der Waals surface area (Å²) in [5.41, 5.74) is 5.00.